The summed E-state index contributed by atoms with van der Waals surface area (Å²) in [6.07, 6.45) is -6.24. The number of hydrogen-bond donors (Lipinski definition) is 3. The van der Waals surface area contributed by atoms with Crippen LogP contribution in [0.4, 0.5) is 23.8 Å². The zero-order valence-corrected chi connectivity index (χ0v) is 12.1. The van der Waals surface area contributed by atoms with Crippen molar-refractivity contribution in [2.24, 2.45) is 0 Å². The van der Waals surface area contributed by atoms with Gasteiger partial charge in [-0.05, 0) is 6.07 Å². The van der Waals surface area contributed by atoms with E-state index >= 15 is 0 Å². The molecule has 1 fully saturated rings. The van der Waals surface area contributed by atoms with Crippen LogP contribution in [-0.2, 0) is 9.47 Å². The fourth-order valence-electron chi connectivity index (χ4n) is 2.05. The van der Waals surface area contributed by atoms with Crippen LogP contribution in [-0.4, -0.2) is 63.9 Å². The number of hydrogen-bond acceptors (Lipinski definition) is 7. The van der Waals surface area contributed by atoms with Crippen LogP contribution in [0.25, 0.3) is 0 Å². The van der Waals surface area contributed by atoms with Gasteiger partial charge in [0, 0.05) is 6.20 Å². The van der Waals surface area contributed by atoms with E-state index in [1.54, 1.807) is 0 Å². The number of halogens is 3. The summed E-state index contributed by atoms with van der Waals surface area (Å²) in [5.74, 6) is -4.14. The van der Waals surface area contributed by atoms with Crippen molar-refractivity contribution in [3.05, 3.63) is 22.7 Å². The second-order valence-corrected chi connectivity index (χ2v) is 4.78. The van der Waals surface area contributed by atoms with Gasteiger partial charge in [0.1, 0.15) is 25.2 Å². The summed E-state index contributed by atoms with van der Waals surface area (Å²) < 4.78 is 49.3. The van der Waals surface area contributed by atoms with Crippen molar-refractivity contribution in [1.82, 2.24) is 9.55 Å². The molecule has 0 spiro atoms. The smallest absolute Gasteiger partial charge is 0.412 e. The standard InChI is InChI=1S/C12H14F3N3O6/c13-2-4-23-11(22)17-7-1-3-18(10(21)16-7)9-12(14,15)8(20)6(5-19)24-9/h1,3,6,8-9,19-20H,2,4-5H2,(H,16,17,21,22)/t6-,8-,9-/m1/s1. The Labute approximate surface area is 132 Å². The van der Waals surface area contributed by atoms with Gasteiger partial charge in [-0.25, -0.2) is 14.0 Å². The van der Waals surface area contributed by atoms with Crippen LogP contribution in [0.15, 0.2) is 17.1 Å². The molecular weight excluding hydrogens is 339 g/mol. The lowest BCUT2D eigenvalue weighted by molar-refractivity contribution is -0.140. The average Bonchev–Trinajstić information content (AvgIpc) is 2.76. The van der Waals surface area contributed by atoms with Crippen LogP contribution < -0.4 is 11.0 Å². The van der Waals surface area contributed by atoms with E-state index in [1.807, 2.05) is 5.32 Å². The second-order valence-electron chi connectivity index (χ2n) is 4.78. The van der Waals surface area contributed by atoms with E-state index in [9.17, 15) is 27.9 Å². The molecule has 1 saturated heterocycles. The van der Waals surface area contributed by atoms with Crippen molar-refractivity contribution in [3.63, 3.8) is 0 Å². The minimum absolute atomic E-state index is 0.305. The van der Waals surface area contributed by atoms with Crippen LogP contribution in [0.2, 0.25) is 0 Å². The largest absolute Gasteiger partial charge is 0.446 e. The second kappa shape index (κ2) is 7.15. The number of alkyl halides is 3. The minimum atomic E-state index is -3.84. The molecule has 0 aromatic carbocycles. The Hall–Kier alpha value is -2.18. The molecule has 0 aliphatic carbocycles. The number of carbonyl (C=O) groups is 1. The van der Waals surface area contributed by atoms with Crippen LogP contribution in [0, 0.1) is 0 Å². The molecule has 0 unspecified atom stereocenters. The summed E-state index contributed by atoms with van der Waals surface area (Å²) in [7, 11) is 0. The van der Waals surface area contributed by atoms with Gasteiger partial charge >= 0.3 is 17.7 Å². The third-order valence-electron chi connectivity index (χ3n) is 3.18. The zero-order valence-electron chi connectivity index (χ0n) is 12.1. The molecule has 1 aliphatic heterocycles. The maximum atomic E-state index is 14.0. The molecule has 12 heteroatoms. The first-order valence-corrected chi connectivity index (χ1v) is 6.72. The monoisotopic (exact) mass is 353 g/mol. The molecule has 1 aromatic heterocycles. The predicted octanol–water partition coefficient (Wildman–Crippen LogP) is -0.353. The summed E-state index contributed by atoms with van der Waals surface area (Å²) in [5, 5.41) is 20.3. The molecule has 0 saturated carbocycles. The Morgan fingerprint density at radius 2 is 2.25 bits per heavy atom. The van der Waals surface area contributed by atoms with Crippen LogP contribution in [0.5, 0.6) is 0 Å². The normalized spacial score (nSPS) is 25.5. The van der Waals surface area contributed by atoms with Crippen molar-refractivity contribution < 1.29 is 37.7 Å². The Morgan fingerprint density at radius 1 is 1.54 bits per heavy atom. The average molecular weight is 353 g/mol. The highest BCUT2D eigenvalue weighted by Gasteiger charge is 2.59. The highest BCUT2D eigenvalue weighted by atomic mass is 19.3. The summed E-state index contributed by atoms with van der Waals surface area (Å²) in [6.45, 7) is -2.26. The maximum absolute atomic E-state index is 14.0. The summed E-state index contributed by atoms with van der Waals surface area (Å²) in [4.78, 5) is 26.4. The van der Waals surface area contributed by atoms with Crippen molar-refractivity contribution in [3.8, 4) is 0 Å². The maximum Gasteiger partial charge on any atom is 0.412 e. The lowest BCUT2D eigenvalue weighted by Crippen LogP contribution is -2.41. The Bertz CT molecular complexity index is 655. The highest BCUT2D eigenvalue weighted by Crippen LogP contribution is 2.41. The van der Waals surface area contributed by atoms with Crippen molar-refractivity contribution in [2.45, 2.75) is 24.4 Å². The minimum Gasteiger partial charge on any atom is -0.446 e. The number of ether oxygens (including phenoxy) is 2. The summed E-state index contributed by atoms with van der Waals surface area (Å²) >= 11 is 0. The molecule has 1 amide bonds. The molecule has 24 heavy (non-hydrogen) atoms. The number of carbonyl (C=O) groups excluding carboxylic acids is 1. The van der Waals surface area contributed by atoms with Gasteiger partial charge in [-0.1, -0.05) is 0 Å². The molecule has 0 radical (unpaired) electrons. The van der Waals surface area contributed by atoms with Crippen LogP contribution >= 0.6 is 0 Å². The fourth-order valence-corrected chi connectivity index (χ4v) is 2.05. The number of amides is 1. The van der Waals surface area contributed by atoms with Crippen LogP contribution in [0.1, 0.15) is 6.23 Å². The van der Waals surface area contributed by atoms with Gasteiger partial charge in [-0.3, -0.25) is 9.88 Å². The van der Waals surface area contributed by atoms with Gasteiger partial charge < -0.3 is 19.7 Å². The molecule has 3 atom stereocenters. The Morgan fingerprint density at radius 3 is 2.79 bits per heavy atom. The van der Waals surface area contributed by atoms with Gasteiger partial charge in [-0.2, -0.15) is 13.8 Å². The molecule has 1 aromatic rings. The van der Waals surface area contributed by atoms with Gasteiger partial charge in [0.2, 0.25) is 6.23 Å². The first-order valence-electron chi connectivity index (χ1n) is 6.72. The van der Waals surface area contributed by atoms with Gasteiger partial charge in [0.15, 0.2) is 6.10 Å². The number of aromatic nitrogens is 2. The molecular formula is C12H14F3N3O6. The molecule has 2 rings (SSSR count). The van der Waals surface area contributed by atoms with E-state index in [0.29, 0.717) is 4.57 Å². The molecule has 0 bridgehead atoms. The zero-order chi connectivity index (χ0) is 17.9. The topological polar surface area (TPSA) is 123 Å². The number of anilines is 1. The number of aliphatic hydroxyl groups excluding tert-OH is 2. The predicted molar refractivity (Wildman–Crippen MR) is 71.4 cm³/mol. The first kappa shape index (κ1) is 18.2. The van der Waals surface area contributed by atoms with E-state index in [0.717, 1.165) is 12.3 Å². The quantitative estimate of drug-likeness (QED) is 0.661. The van der Waals surface area contributed by atoms with E-state index in [2.05, 4.69) is 9.72 Å². The third kappa shape index (κ3) is 3.49. The lowest BCUT2D eigenvalue weighted by atomic mass is 10.1. The first-order chi connectivity index (χ1) is 11.3. The van der Waals surface area contributed by atoms with Gasteiger partial charge in [-0.15, -0.1) is 0 Å². The van der Waals surface area contributed by atoms with E-state index in [-0.39, 0.29) is 5.82 Å². The number of aliphatic hydroxyl groups is 2. The van der Waals surface area contributed by atoms with E-state index in [1.165, 1.54) is 0 Å². The SMILES string of the molecule is O=C(Nc1ccn([C@@H]2O[C@H](CO)[C@@H](O)C2(F)F)c(=O)n1)OCCF. The van der Waals surface area contributed by atoms with Crippen molar-refractivity contribution in [2.75, 3.05) is 25.2 Å². The molecule has 3 N–H and O–H groups in total. The Kier molecular flexibility index (Phi) is 5.41. The third-order valence-corrected chi connectivity index (χ3v) is 3.18. The molecule has 134 valence electrons. The van der Waals surface area contributed by atoms with Crippen LogP contribution in [0.3, 0.4) is 0 Å². The highest BCUT2D eigenvalue weighted by molar-refractivity contribution is 5.83. The van der Waals surface area contributed by atoms with E-state index in [4.69, 9.17) is 9.84 Å². The van der Waals surface area contributed by atoms with Crippen molar-refractivity contribution in [1.29, 1.82) is 0 Å². The number of rotatable bonds is 5. The van der Waals surface area contributed by atoms with E-state index < -0.39 is 56.0 Å². The molecule has 9 nitrogen and oxygen atoms in total. The number of nitrogens with zero attached hydrogens (tertiary/aromatic N) is 2. The van der Waals surface area contributed by atoms with Gasteiger partial charge in [0.05, 0.1) is 6.61 Å². The van der Waals surface area contributed by atoms with Gasteiger partial charge in [0.25, 0.3) is 0 Å². The summed E-state index contributed by atoms with van der Waals surface area (Å²) in [6, 6.07) is 1.01. The number of nitrogens with one attached hydrogen (secondary N) is 1. The lowest BCUT2D eigenvalue weighted by Gasteiger charge is -2.21. The molecule has 1 aliphatic rings. The Balaban J connectivity index is 2.18. The van der Waals surface area contributed by atoms with Crippen molar-refractivity contribution >= 4 is 11.9 Å². The molecule has 2 heterocycles. The fraction of sp³-hybridized carbons (Fsp3) is 0.583. The summed E-state index contributed by atoms with van der Waals surface area (Å²) in [5.41, 5.74) is -1.20.